The summed E-state index contributed by atoms with van der Waals surface area (Å²) >= 11 is 0. The molecule has 136 valence electrons. The van der Waals surface area contributed by atoms with Crippen LogP contribution in [0.1, 0.15) is 6.42 Å². The maximum atomic E-state index is 12.6. The molecule has 1 aliphatic heterocycles. The van der Waals surface area contributed by atoms with E-state index in [2.05, 4.69) is 25.2 Å². The Bertz CT molecular complexity index is 1140. The predicted octanol–water partition coefficient (Wildman–Crippen LogP) is 1.70. The molecule has 4 aromatic heterocycles. The zero-order valence-electron chi connectivity index (χ0n) is 14.6. The smallest absolute Gasteiger partial charge is 0.347 e. The van der Waals surface area contributed by atoms with Gasteiger partial charge < -0.3 is 14.6 Å². The van der Waals surface area contributed by atoms with Crippen molar-refractivity contribution >= 4 is 22.7 Å². The van der Waals surface area contributed by atoms with Gasteiger partial charge in [0.1, 0.15) is 5.82 Å². The summed E-state index contributed by atoms with van der Waals surface area (Å²) in [6, 6.07) is 7.51. The number of nitrogens with zero attached hydrogens (tertiary/aromatic N) is 5. The Morgan fingerprint density at radius 1 is 1.15 bits per heavy atom. The first-order valence-electron chi connectivity index (χ1n) is 8.99. The lowest BCUT2D eigenvalue weighted by atomic mass is 10.2. The first kappa shape index (κ1) is 16.0. The molecule has 1 N–H and O–H groups in total. The highest BCUT2D eigenvalue weighted by atomic mass is 16.4. The van der Waals surface area contributed by atoms with Crippen LogP contribution < -0.4 is 15.8 Å². The van der Waals surface area contributed by atoms with Crippen molar-refractivity contribution in [1.82, 2.24) is 24.7 Å². The van der Waals surface area contributed by atoms with Crippen LogP contribution in [0.5, 0.6) is 0 Å². The van der Waals surface area contributed by atoms with Crippen molar-refractivity contribution in [3.8, 4) is 11.3 Å². The van der Waals surface area contributed by atoms with E-state index in [-0.39, 0.29) is 0 Å². The van der Waals surface area contributed by atoms with Gasteiger partial charge in [-0.15, -0.1) is 0 Å². The Labute approximate surface area is 154 Å². The van der Waals surface area contributed by atoms with Gasteiger partial charge in [0.05, 0.1) is 11.3 Å². The molecule has 5 heterocycles. The van der Waals surface area contributed by atoms with Crippen LogP contribution in [-0.2, 0) is 0 Å². The number of hydrogen-bond donors (Lipinski definition) is 1. The molecule has 0 aliphatic carbocycles. The van der Waals surface area contributed by atoms with E-state index in [1.807, 2.05) is 24.4 Å². The third kappa shape index (κ3) is 2.93. The lowest BCUT2D eigenvalue weighted by Gasteiger charge is -2.20. The second kappa shape index (κ2) is 6.48. The lowest BCUT2D eigenvalue weighted by Crippen LogP contribution is -2.28. The summed E-state index contributed by atoms with van der Waals surface area (Å²) in [5.74, 6) is 1.37. The van der Waals surface area contributed by atoms with Crippen LogP contribution >= 0.6 is 0 Å². The van der Waals surface area contributed by atoms with Crippen molar-refractivity contribution in [2.24, 2.45) is 0 Å². The SMILES string of the molecule is O=c1oc2nc(N3CCCNCC3)ccc2cc1-c1cn2cccnc2n1. The van der Waals surface area contributed by atoms with Gasteiger partial charge in [0, 0.05) is 43.6 Å². The van der Waals surface area contributed by atoms with E-state index in [9.17, 15) is 4.79 Å². The second-order valence-electron chi connectivity index (χ2n) is 6.56. The van der Waals surface area contributed by atoms with Crippen molar-refractivity contribution in [3.05, 3.63) is 53.3 Å². The molecule has 8 heteroatoms. The number of aromatic nitrogens is 4. The average Bonchev–Trinajstić information content (AvgIpc) is 2.92. The van der Waals surface area contributed by atoms with E-state index in [1.54, 1.807) is 22.9 Å². The maximum Gasteiger partial charge on any atom is 0.347 e. The minimum atomic E-state index is -0.451. The second-order valence-corrected chi connectivity index (χ2v) is 6.56. The summed E-state index contributed by atoms with van der Waals surface area (Å²) in [6.07, 6.45) is 6.33. The third-order valence-electron chi connectivity index (χ3n) is 4.76. The van der Waals surface area contributed by atoms with Gasteiger partial charge in [-0.25, -0.2) is 14.8 Å². The van der Waals surface area contributed by atoms with Crippen LogP contribution in [0.4, 0.5) is 5.82 Å². The van der Waals surface area contributed by atoms with Crippen molar-refractivity contribution in [2.45, 2.75) is 6.42 Å². The summed E-state index contributed by atoms with van der Waals surface area (Å²) in [4.78, 5) is 27.9. The molecule has 0 aromatic carbocycles. The molecule has 1 fully saturated rings. The molecule has 0 radical (unpaired) electrons. The highest BCUT2D eigenvalue weighted by molar-refractivity contribution is 5.79. The van der Waals surface area contributed by atoms with E-state index in [0.29, 0.717) is 22.7 Å². The number of fused-ring (bicyclic) bond motifs is 2. The van der Waals surface area contributed by atoms with Crippen molar-refractivity contribution in [2.75, 3.05) is 31.1 Å². The van der Waals surface area contributed by atoms with E-state index < -0.39 is 5.63 Å². The standard InChI is InChI=1S/C19H18N6O2/c26-18-14(15-12-25-9-2-6-21-19(25)22-15)11-13-3-4-16(23-17(13)27-18)24-8-1-5-20-7-10-24/h2-4,6,9,11-12,20H,1,5,7-8,10H2. The van der Waals surface area contributed by atoms with E-state index in [1.165, 1.54) is 0 Å². The molecule has 0 atom stereocenters. The summed E-state index contributed by atoms with van der Waals surface area (Å²) in [6.45, 7) is 3.75. The minimum absolute atomic E-state index is 0.348. The number of rotatable bonds is 2. The zero-order chi connectivity index (χ0) is 18.2. The Hall–Kier alpha value is -3.26. The zero-order valence-corrected chi connectivity index (χ0v) is 14.6. The number of hydrogen-bond acceptors (Lipinski definition) is 7. The van der Waals surface area contributed by atoms with Crippen LogP contribution in [0.15, 0.2) is 52.1 Å². The highest BCUT2D eigenvalue weighted by Crippen LogP contribution is 2.22. The Balaban J connectivity index is 1.56. The van der Waals surface area contributed by atoms with Gasteiger partial charge in [-0.1, -0.05) is 0 Å². The largest absolute Gasteiger partial charge is 0.403 e. The quantitative estimate of drug-likeness (QED) is 0.580. The molecule has 27 heavy (non-hydrogen) atoms. The third-order valence-corrected chi connectivity index (χ3v) is 4.76. The number of anilines is 1. The summed E-state index contributed by atoms with van der Waals surface area (Å²) < 4.78 is 7.30. The van der Waals surface area contributed by atoms with Crippen molar-refractivity contribution < 1.29 is 4.42 Å². The van der Waals surface area contributed by atoms with Gasteiger partial charge in [0.15, 0.2) is 0 Å². The van der Waals surface area contributed by atoms with Gasteiger partial charge in [0.25, 0.3) is 0 Å². The summed E-state index contributed by atoms with van der Waals surface area (Å²) in [5.41, 5.74) is 0.835. The topological polar surface area (TPSA) is 88.6 Å². The van der Waals surface area contributed by atoms with Crippen LogP contribution in [0.3, 0.4) is 0 Å². The Morgan fingerprint density at radius 3 is 3.04 bits per heavy atom. The number of pyridine rings is 1. The fourth-order valence-electron chi connectivity index (χ4n) is 3.38. The van der Waals surface area contributed by atoms with Gasteiger partial charge >= 0.3 is 5.63 Å². The fraction of sp³-hybridized carbons (Fsp3) is 0.263. The Morgan fingerprint density at radius 2 is 2.11 bits per heavy atom. The molecule has 4 aromatic rings. The van der Waals surface area contributed by atoms with E-state index in [0.717, 1.165) is 43.8 Å². The molecular formula is C19H18N6O2. The predicted molar refractivity (Wildman–Crippen MR) is 102 cm³/mol. The van der Waals surface area contributed by atoms with E-state index in [4.69, 9.17) is 4.42 Å². The van der Waals surface area contributed by atoms with Crippen LogP contribution in [0.2, 0.25) is 0 Å². The van der Waals surface area contributed by atoms with Crippen LogP contribution in [0.25, 0.3) is 28.1 Å². The first-order chi connectivity index (χ1) is 13.3. The molecule has 0 amide bonds. The molecule has 1 saturated heterocycles. The molecular weight excluding hydrogens is 344 g/mol. The van der Waals surface area contributed by atoms with Crippen LogP contribution in [0, 0.1) is 0 Å². The van der Waals surface area contributed by atoms with E-state index >= 15 is 0 Å². The maximum absolute atomic E-state index is 12.6. The van der Waals surface area contributed by atoms with Crippen molar-refractivity contribution in [1.29, 1.82) is 0 Å². The summed E-state index contributed by atoms with van der Waals surface area (Å²) in [7, 11) is 0. The molecule has 1 aliphatic rings. The van der Waals surface area contributed by atoms with Crippen molar-refractivity contribution in [3.63, 3.8) is 0 Å². The molecule has 5 rings (SSSR count). The fourth-order valence-corrected chi connectivity index (χ4v) is 3.38. The monoisotopic (exact) mass is 362 g/mol. The molecule has 8 nitrogen and oxygen atoms in total. The lowest BCUT2D eigenvalue weighted by molar-refractivity contribution is 0.551. The van der Waals surface area contributed by atoms with Gasteiger partial charge in [-0.05, 0) is 37.2 Å². The first-order valence-corrected chi connectivity index (χ1v) is 8.99. The average molecular weight is 362 g/mol. The normalized spacial score (nSPS) is 15.3. The number of nitrogens with one attached hydrogen (secondary N) is 1. The number of imidazole rings is 1. The van der Waals surface area contributed by atoms with Crippen LogP contribution in [-0.4, -0.2) is 45.5 Å². The molecule has 0 saturated carbocycles. The molecule has 0 unspecified atom stereocenters. The van der Waals surface area contributed by atoms with Gasteiger partial charge in [-0.2, -0.15) is 4.98 Å². The minimum Gasteiger partial charge on any atom is -0.403 e. The summed E-state index contributed by atoms with van der Waals surface area (Å²) in [5, 5.41) is 4.14. The highest BCUT2D eigenvalue weighted by Gasteiger charge is 2.15. The molecule has 0 spiro atoms. The Kier molecular flexibility index (Phi) is 3.83. The van der Waals surface area contributed by atoms with Gasteiger partial charge in [0.2, 0.25) is 11.5 Å². The van der Waals surface area contributed by atoms with Gasteiger partial charge in [-0.3, -0.25) is 4.40 Å². The molecule has 0 bridgehead atoms.